The van der Waals surface area contributed by atoms with Gasteiger partial charge in [-0.1, -0.05) is 40.2 Å². The second-order valence-electron chi connectivity index (χ2n) is 5.44. The van der Waals surface area contributed by atoms with Crippen LogP contribution in [0.1, 0.15) is 16.5 Å². The number of thiophene rings is 1. The summed E-state index contributed by atoms with van der Waals surface area (Å²) in [4.78, 5) is 13.3. The molecule has 0 aliphatic heterocycles. The molecule has 0 aliphatic rings. The van der Waals surface area contributed by atoms with Crippen LogP contribution in [0, 0.1) is 5.82 Å². The third-order valence-electron chi connectivity index (χ3n) is 3.61. The molecule has 128 valence electrons. The van der Waals surface area contributed by atoms with Crippen LogP contribution in [0.3, 0.4) is 0 Å². The average molecular weight is 419 g/mol. The maximum absolute atomic E-state index is 13.2. The Morgan fingerprint density at radius 3 is 2.60 bits per heavy atom. The minimum atomic E-state index is -0.277. The number of benzene rings is 2. The first-order chi connectivity index (χ1) is 12.1. The number of rotatable bonds is 6. The maximum Gasteiger partial charge on any atom is 0.238 e. The maximum atomic E-state index is 13.2. The zero-order chi connectivity index (χ0) is 17.6. The van der Waals surface area contributed by atoms with Gasteiger partial charge in [-0.2, -0.15) is 0 Å². The molecule has 1 atom stereocenters. The van der Waals surface area contributed by atoms with Gasteiger partial charge in [0.2, 0.25) is 5.91 Å². The Morgan fingerprint density at radius 2 is 1.92 bits per heavy atom. The molecule has 1 unspecified atom stereocenters. The van der Waals surface area contributed by atoms with Crippen molar-refractivity contribution in [3.05, 3.63) is 86.8 Å². The van der Waals surface area contributed by atoms with Crippen molar-refractivity contribution in [3.63, 3.8) is 0 Å². The fourth-order valence-corrected chi connectivity index (χ4v) is 3.69. The normalized spacial score (nSPS) is 11.9. The summed E-state index contributed by atoms with van der Waals surface area (Å²) in [5.41, 5.74) is 1.65. The lowest BCUT2D eigenvalue weighted by Gasteiger charge is -2.18. The summed E-state index contributed by atoms with van der Waals surface area (Å²) in [7, 11) is 0. The summed E-state index contributed by atoms with van der Waals surface area (Å²) in [6, 6.07) is 17.6. The Morgan fingerprint density at radius 1 is 1.12 bits per heavy atom. The van der Waals surface area contributed by atoms with E-state index in [9.17, 15) is 9.18 Å². The van der Waals surface area contributed by atoms with E-state index in [4.69, 9.17) is 0 Å². The summed E-state index contributed by atoms with van der Waals surface area (Å²) in [5.74, 6) is -0.414. The molecule has 0 fully saturated rings. The first kappa shape index (κ1) is 17.8. The topological polar surface area (TPSA) is 41.1 Å². The van der Waals surface area contributed by atoms with Crippen molar-refractivity contribution in [1.29, 1.82) is 0 Å². The molecule has 1 amide bonds. The lowest BCUT2D eigenvalue weighted by Crippen LogP contribution is -2.31. The standard InChI is InChI=1S/C19H16BrFN2OS/c20-14-3-1-4-16(11-14)23-18(24)12-22-19(17-5-2-10-25-17)13-6-8-15(21)9-7-13/h1-11,19,22H,12H2,(H,23,24). The van der Waals surface area contributed by atoms with Gasteiger partial charge in [0, 0.05) is 15.0 Å². The molecule has 25 heavy (non-hydrogen) atoms. The summed E-state index contributed by atoms with van der Waals surface area (Å²) < 4.78 is 14.1. The molecule has 3 aromatic rings. The summed E-state index contributed by atoms with van der Waals surface area (Å²) >= 11 is 4.97. The fraction of sp³-hybridized carbons (Fsp3) is 0.105. The van der Waals surface area contributed by atoms with Crippen molar-refractivity contribution in [1.82, 2.24) is 5.32 Å². The van der Waals surface area contributed by atoms with E-state index in [2.05, 4.69) is 26.6 Å². The molecule has 0 radical (unpaired) electrons. The molecular weight excluding hydrogens is 403 g/mol. The van der Waals surface area contributed by atoms with Crippen molar-refractivity contribution in [2.45, 2.75) is 6.04 Å². The van der Waals surface area contributed by atoms with Crippen molar-refractivity contribution in [2.75, 3.05) is 11.9 Å². The molecule has 6 heteroatoms. The molecule has 3 rings (SSSR count). The summed E-state index contributed by atoms with van der Waals surface area (Å²) in [6.45, 7) is 0.145. The molecule has 2 N–H and O–H groups in total. The third kappa shape index (κ3) is 4.98. The molecule has 0 aliphatic carbocycles. The molecule has 0 spiro atoms. The molecule has 2 aromatic carbocycles. The minimum absolute atomic E-state index is 0.137. The highest BCUT2D eigenvalue weighted by molar-refractivity contribution is 9.10. The number of carbonyl (C=O) groups is 1. The van der Waals surface area contributed by atoms with Crippen LogP contribution in [0.4, 0.5) is 10.1 Å². The van der Waals surface area contributed by atoms with Crippen LogP contribution in [0.15, 0.2) is 70.5 Å². The predicted molar refractivity (Wildman–Crippen MR) is 103 cm³/mol. The number of hydrogen-bond donors (Lipinski definition) is 2. The van der Waals surface area contributed by atoms with Gasteiger partial charge in [0.05, 0.1) is 12.6 Å². The van der Waals surface area contributed by atoms with E-state index in [0.29, 0.717) is 0 Å². The van der Waals surface area contributed by atoms with Gasteiger partial charge in [-0.05, 0) is 47.3 Å². The highest BCUT2D eigenvalue weighted by Gasteiger charge is 2.16. The van der Waals surface area contributed by atoms with E-state index in [-0.39, 0.29) is 24.3 Å². The number of nitrogens with one attached hydrogen (secondary N) is 2. The number of halogens is 2. The van der Waals surface area contributed by atoms with Crippen LogP contribution in [-0.2, 0) is 4.79 Å². The Balaban J connectivity index is 1.68. The van der Waals surface area contributed by atoms with Gasteiger partial charge in [0.15, 0.2) is 0 Å². The van der Waals surface area contributed by atoms with Crippen LogP contribution in [0.5, 0.6) is 0 Å². The zero-order valence-electron chi connectivity index (χ0n) is 13.2. The minimum Gasteiger partial charge on any atom is -0.325 e. The van der Waals surface area contributed by atoms with E-state index in [1.54, 1.807) is 23.5 Å². The highest BCUT2D eigenvalue weighted by Crippen LogP contribution is 2.26. The fourth-order valence-electron chi connectivity index (χ4n) is 2.46. The van der Waals surface area contributed by atoms with Crippen molar-refractivity contribution < 1.29 is 9.18 Å². The average Bonchev–Trinajstić information content (AvgIpc) is 3.11. The van der Waals surface area contributed by atoms with Gasteiger partial charge in [0.25, 0.3) is 0 Å². The van der Waals surface area contributed by atoms with Gasteiger partial charge in [-0.15, -0.1) is 11.3 Å². The lowest BCUT2D eigenvalue weighted by molar-refractivity contribution is -0.115. The quantitative estimate of drug-likeness (QED) is 0.593. The number of amides is 1. The number of hydrogen-bond acceptors (Lipinski definition) is 3. The van der Waals surface area contributed by atoms with Crippen LogP contribution >= 0.6 is 27.3 Å². The Kier molecular flexibility index (Phi) is 5.96. The lowest BCUT2D eigenvalue weighted by atomic mass is 10.1. The molecule has 0 saturated carbocycles. The Bertz CT molecular complexity index is 837. The van der Waals surface area contributed by atoms with Crippen LogP contribution in [-0.4, -0.2) is 12.5 Å². The zero-order valence-corrected chi connectivity index (χ0v) is 15.6. The molecule has 0 bridgehead atoms. The van der Waals surface area contributed by atoms with E-state index >= 15 is 0 Å². The molecule has 1 aromatic heterocycles. The van der Waals surface area contributed by atoms with Gasteiger partial charge < -0.3 is 5.32 Å². The van der Waals surface area contributed by atoms with Gasteiger partial charge in [0.1, 0.15) is 5.82 Å². The summed E-state index contributed by atoms with van der Waals surface area (Å²) in [6.07, 6.45) is 0. The SMILES string of the molecule is O=C(CNC(c1ccc(F)cc1)c1cccs1)Nc1cccc(Br)c1. The second-order valence-corrected chi connectivity index (χ2v) is 7.33. The third-order valence-corrected chi connectivity index (χ3v) is 5.04. The van der Waals surface area contributed by atoms with E-state index in [0.717, 1.165) is 20.6 Å². The Hall–Kier alpha value is -2.02. The van der Waals surface area contributed by atoms with Crippen LogP contribution in [0.2, 0.25) is 0 Å². The van der Waals surface area contributed by atoms with Crippen molar-refractivity contribution >= 4 is 38.9 Å². The molecule has 0 saturated heterocycles. The van der Waals surface area contributed by atoms with Crippen LogP contribution in [0.25, 0.3) is 0 Å². The monoisotopic (exact) mass is 418 g/mol. The molecule has 3 nitrogen and oxygen atoms in total. The Labute approximate surface area is 158 Å². The van der Waals surface area contributed by atoms with E-state index in [1.165, 1.54) is 12.1 Å². The van der Waals surface area contributed by atoms with Crippen LogP contribution < -0.4 is 10.6 Å². The van der Waals surface area contributed by atoms with E-state index in [1.807, 2.05) is 41.8 Å². The van der Waals surface area contributed by atoms with E-state index < -0.39 is 0 Å². The first-order valence-electron chi connectivity index (χ1n) is 7.69. The van der Waals surface area contributed by atoms with Gasteiger partial charge >= 0.3 is 0 Å². The van der Waals surface area contributed by atoms with Crippen molar-refractivity contribution in [2.24, 2.45) is 0 Å². The number of carbonyl (C=O) groups excluding carboxylic acids is 1. The second kappa shape index (κ2) is 8.38. The highest BCUT2D eigenvalue weighted by atomic mass is 79.9. The smallest absolute Gasteiger partial charge is 0.238 e. The first-order valence-corrected chi connectivity index (χ1v) is 9.37. The molecular formula is C19H16BrFN2OS. The molecule has 1 heterocycles. The number of anilines is 1. The largest absolute Gasteiger partial charge is 0.325 e. The van der Waals surface area contributed by atoms with Gasteiger partial charge in [-0.25, -0.2) is 4.39 Å². The van der Waals surface area contributed by atoms with Gasteiger partial charge in [-0.3, -0.25) is 10.1 Å². The predicted octanol–water partition coefficient (Wildman–Crippen LogP) is 4.97. The van der Waals surface area contributed by atoms with Crippen molar-refractivity contribution in [3.8, 4) is 0 Å². The summed E-state index contributed by atoms with van der Waals surface area (Å²) in [5, 5.41) is 8.09.